The van der Waals surface area contributed by atoms with Gasteiger partial charge in [0.2, 0.25) is 11.8 Å². The van der Waals surface area contributed by atoms with Gasteiger partial charge < -0.3 is 10.2 Å². The molecule has 3 aromatic rings. The minimum Gasteiger partial charge on any atom is -0.333 e. The number of amides is 2. The van der Waals surface area contributed by atoms with Crippen LogP contribution in [0.15, 0.2) is 47.8 Å². The first-order chi connectivity index (χ1) is 15.7. The van der Waals surface area contributed by atoms with E-state index in [2.05, 4.69) is 33.0 Å². The van der Waals surface area contributed by atoms with Crippen LogP contribution >= 0.6 is 11.3 Å². The molecule has 6 nitrogen and oxygen atoms in total. The number of carbonyl (C=O) groups is 2. The summed E-state index contributed by atoms with van der Waals surface area (Å²) in [6.07, 6.45) is 2.14. The van der Waals surface area contributed by atoms with Crippen LogP contribution in [0.4, 0.5) is 5.82 Å². The number of rotatable bonds is 9. The maximum Gasteiger partial charge on any atom is 0.245 e. The van der Waals surface area contributed by atoms with Crippen LogP contribution in [0, 0.1) is 6.92 Å². The second-order valence-electron chi connectivity index (χ2n) is 9.34. The predicted octanol–water partition coefficient (Wildman–Crippen LogP) is 5.35. The van der Waals surface area contributed by atoms with Crippen LogP contribution in [0.2, 0.25) is 0 Å². The topological polar surface area (TPSA) is 67.2 Å². The van der Waals surface area contributed by atoms with Gasteiger partial charge in [0.25, 0.3) is 0 Å². The fourth-order valence-corrected chi connectivity index (χ4v) is 4.19. The lowest BCUT2D eigenvalue weighted by atomic mass is 9.92. The number of hydrogen-bond acceptors (Lipinski definition) is 4. The molecule has 1 aromatic carbocycles. The second kappa shape index (κ2) is 10.8. The number of thiophene rings is 1. The maximum absolute atomic E-state index is 13.1. The van der Waals surface area contributed by atoms with Gasteiger partial charge in [0.05, 0.1) is 24.3 Å². The van der Waals surface area contributed by atoms with Gasteiger partial charge in [-0.15, -0.1) is 11.3 Å². The van der Waals surface area contributed by atoms with E-state index in [1.54, 1.807) is 20.9 Å². The SMILES string of the molecule is CCCCN(CC(=O)Nc1cc(C(C)(C)C)nn1-c1ccccc1C)C(=O)Cc1cccs1. The molecule has 0 atom stereocenters. The van der Waals surface area contributed by atoms with Crippen molar-refractivity contribution in [1.29, 1.82) is 0 Å². The number of nitrogens with one attached hydrogen (secondary N) is 1. The van der Waals surface area contributed by atoms with Gasteiger partial charge in [0, 0.05) is 22.9 Å². The Hall–Kier alpha value is -2.93. The summed E-state index contributed by atoms with van der Waals surface area (Å²) in [5, 5.41) is 9.79. The molecule has 0 aliphatic heterocycles. The first kappa shape index (κ1) is 24.7. The van der Waals surface area contributed by atoms with Crippen molar-refractivity contribution >= 4 is 29.0 Å². The molecule has 0 saturated carbocycles. The van der Waals surface area contributed by atoms with Crippen molar-refractivity contribution in [3.63, 3.8) is 0 Å². The molecule has 176 valence electrons. The number of nitrogens with zero attached hydrogens (tertiary/aromatic N) is 3. The lowest BCUT2D eigenvalue weighted by molar-refractivity contribution is -0.134. The number of unbranched alkanes of at least 4 members (excludes halogenated alkanes) is 1. The molecule has 2 aromatic heterocycles. The fraction of sp³-hybridized carbons (Fsp3) is 0.423. The molecule has 0 spiro atoms. The van der Waals surface area contributed by atoms with E-state index >= 15 is 0 Å². The average molecular weight is 467 g/mol. The lowest BCUT2D eigenvalue weighted by Gasteiger charge is -2.22. The summed E-state index contributed by atoms with van der Waals surface area (Å²) >= 11 is 1.56. The van der Waals surface area contributed by atoms with E-state index in [4.69, 9.17) is 5.10 Å². The fourth-order valence-electron chi connectivity index (χ4n) is 3.49. The van der Waals surface area contributed by atoms with Crippen LogP contribution in [0.1, 0.15) is 56.7 Å². The first-order valence-electron chi connectivity index (χ1n) is 11.5. The maximum atomic E-state index is 13.1. The van der Waals surface area contributed by atoms with Gasteiger partial charge in [-0.1, -0.05) is 58.4 Å². The smallest absolute Gasteiger partial charge is 0.245 e. The predicted molar refractivity (Wildman–Crippen MR) is 135 cm³/mol. The lowest BCUT2D eigenvalue weighted by Crippen LogP contribution is -2.39. The first-order valence-corrected chi connectivity index (χ1v) is 12.3. The molecule has 3 rings (SSSR count). The van der Waals surface area contributed by atoms with Crippen molar-refractivity contribution in [3.05, 3.63) is 64.0 Å². The Bertz CT molecular complexity index is 1080. The molecule has 33 heavy (non-hydrogen) atoms. The van der Waals surface area contributed by atoms with E-state index < -0.39 is 0 Å². The number of carbonyl (C=O) groups excluding carboxylic acids is 2. The Morgan fingerprint density at radius 1 is 1.15 bits per heavy atom. The average Bonchev–Trinajstić information content (AvgIpc) is 3.41. The second-order valence-corrected chi connectivity index (χ2v) is 10.4. The summed E-state index contributed by atoms with van der Waals surface area (Å²) in [6.45, 7) is 11.0. The standard InChI is InChI=1S/C26H34N4O2S/c1-6-7-14-29(25(32)16-20-12-10-15-33-20)18-24(31)27-23-17-22(26(3,4)5)28-30(23)21-13-9-8-11-19(21)2/h8-13,15,17H,6-7,14,16,18H2,1-5H3,(H,27,31). The Morgan fingerprint density at radius 2 is 1.91 bits per heavy atom. The molecular formula is C26H34N4O2S. The molecule has 7 heteroatoms. The highest BCUT2D eigenvalue weighted by molar-refractivity contribution is 7.10. The quantitative estimate of drug-likeness (QED) is 0.462. The summed E-state index contributed by atoms with van der Waals surface area (Å²) in [4.78, 5) is 28.7. The molecule has 0 bridgehead atoms. The van der Waals surface area contributed by atoms with Crippen LogP contribution in [-0.2, 0) is 21.4 Å². The molecule has 0 aliphatic carbocycles. The largest absolute Gasteiger partial charge is 0.333 e. The van der Waals surface area contributed by atoms with Gasteiger partial charge in [-0.2, -0.15) is 5.10 Å². The highest BCUT2D eigenvalue weighted by Gasteiger charge is 2.23. The molecule has 2 heterocycles. The van der Waals surface area contributed by atoms with E-state index in [0.29, 0.717) is 18.8 Å². The van der Waals surface area contributed by atoms with Gasteiger partial charge in [-0.3, -0.25) is 9.59 Å². The normalized spacial score (nSPS) is 11.4. The van der Waals surface area contributed by atoms with Crippen molar-refractivity contribution in [2.24, 2.45) is 0 Å². The number of aromatic nitrogens is 2. The van der Waals surface area contributed by atoms with Gasteiger partial charge >= 0.3 is 0 Å². The van der Waals surface area contributed by atoms with Crippen LogP contribution in [0.3, 0.4) is 0 Å². The monoisotopic (exact) mass is 466 g/mol. The van der Waals surface area contributed by atoms with E-state index in [9.17, 15) is 9.59 Å². The molecular weight excluding hydrogens is 432 g/mol. The number of hydrogen-bond donors (Lipinski definition) is 1. The zero-order valence-electron chi connectivity index (χ0n) is 20.2. The zero-order valence-corrected chi connectivity index (χ0v) is 21.0. The van der Waals surface area contributed by atoms with Crippen LogP contribution in [0.25, 0.3) is 5.69 Å². The van der Waals surface area contributed by atoms with Crippen LogP contribution < -0.4 is 5.32 Å². The molecule has 2 amide bonds. The van der Waals surface area contributed by atoms with Crippen LogP contribution in [-0.4, -0.2) is 39.6 Å². The third-order valence-electron chi connectivity index (χ3n) is 5.46. The van der Waals surface area contributed by atoms with E-state index in [1.165, 1.54) is 0 Å². The highest BCUT2D eigenvalue weighted by Crippen LogP contribution is 2.27. The minimum atomic E-state index is -0.221. The molecule has 0 aliphatic rings. The van der Waals surface area contributed by atoms with Crippen molar-refractivity contribution in [1.82, 2.24) is 14.7 Å². The summed E-state index contributed by atoms with van der Waals surface area (Å²) in [6, 6.07) is 13.8. The Labute approximate surface area is 200 Å². The molecule has 0 radical (unpaired) electrons. The van der Waals surface area contributed by atoms with E-state index in [1.807, 2.05) is 54.8 Å². The van der Waals surface area contributed by atoms with Gasteiger partial charge in [0.15, 0.2) is 0 Å². The number of benzene rings is 1. The van der Waals surface area contributed by atoms with Crippen molar-refractivity contribution in [2.75, 3.05) is 18.4 Å². The summed E-state index contributed by atoms with van der Waals surface area (Å²) in [5.74, 6) is 0.366. The third-order valence-corrected chi connectivity index (χ3v) is 6.34. The highest BCUT2D eigenvalue weighted by atomic mass is 32.1. The summed E-state index contributed by atoms with van der Waals surface area (Å²) in [7, 11) is 0. The molecule has 1 N–H and O–H groups in total. The van der Waals surface area contributed by atoms with Gasteiger partial charge in [-0.25, -0.2) is 4.68 Å². The minimum absolute atomic E-state index is 0.0218. The van der Waals surface area contributed by atoms with E-state index in [-0.39, 0.29) is 23.8 Å². The zero-order chi connectivity index (χ0) is 24.0. The van der Waals surface area contributed by atoms with Crippen LogP contribution in [0.5, 0.6) is 0 Å². The van der Waals surface area contributed by atoms with Crippen molar-refractivity contribution in [2.45, 2.75) is 59.3 Å². The van der Waals surface area contributed by atoms with Crippen molar-refractivity contribution < 1.29 is 9.59 Å². The van der Waals surface area contributed by atoms with Gasteiger partial charge in [0.1, 0.15) is 5.82 Å². The number of aryl methyl sites for hydroxylation is 1. The van der Waals surface area contributed by atoms with E-state index in [0.717, 1.165) is 34.7 Å². The van der Waals surface area contributed by atoms with Gasteiger partial charge in [-0.05, 0) is 36.4 Å². The molecule has 0 fully saturated rings. The Kier molecular flexibility index (Phi) is 8.08. The summed E-state index contributed by atoms with van der Waals surface area (Å²) in [5.41, 5.74) is 2.70. The third kappa shape index (κ3) is 6.54. The molecule has 0 saturated heterocycles. The molecule has 0 unspecified atom stereocenters. The Balaban J connectivity index is 1.81. The number of anilines is 1. The summed E-state index contributed by atoms with van der Waals surface area (Å²) < 4.78 is 1.79. The van der Waals surface area contributed by atoms with Crippen molar-refractivity contribution in [3.8, 4) is 5.69 Å². The Morgan fingerprint density at radius 3 is 2.55 bits per heavy atom. The number of para-hydroxylation sites is 1.